The molecule has 0 aromatic carbocycles. The first-order valence-corrected chi connectivity index (χ1v) is 11.2. The summed E-state index contributed by atoms with van der Waals surface area (Å²) in [5.74, 6) is 0.0121. The highest BCUT2D eigenvalue weighted by atomic mass is 16.5. The van der Waals surface area contributed by atoms with Crippen LogP contribution in [-0.2, 0) is 23.9 Å². The van der Waals surface area contributed by atoms with Gasteiger partial charge in [0.25, 0.3) is 0 Å². The second-order valence-corrected chi connectivity index (χ2v) is 7.72. The number of ether oxygens (including phenoxy) is 2. The van der Waals surface area contributed by atoms with Crippen molar-refractivity contribution in [1.29, 1.82) is 0 Å². The maximum Gasteiger partial charge on any atom is 0.305 e. The van der Waals surface area contributed by atoms with Crippen molar-refractivity contribution < 1.29 is 23.9 Å². The van der Waals surface area contributed by atoms with Crippen LogP contribution < -0.4 is 0 Å². The number of rotatable bonds is 18. The zero-order chi connectivity index (χ0) is 21.2. The Morgan fingerprint density at radius 1 is 0.750 bits per heavy atom. The van der Waals surface area contributed by atoms with Crippen LogP contribution in [0, 0.1) is 5.92 Å². The van der Waals surface area contributed by atoms with Gasteiger partial charge in [-0.3, -0.25) is 14.4 Å². The quantitative estimate of drug-likeness (QED) is 0.216. The van der Waals surface area contributed by atoms with Gasteiger partial charge >= 0.3 is 11.9 Å². The van der Waals surface area contributed by atoms with Crippen molar-refractivity contribution in [3.63, 3.8) is 0 Å². The molecule has 0 aliphatic rings. The molecule has 5 nitrogen and oxygen atoms in total. The Balaban J connectivity index is 4.06. The Kier molecular flexibility index (Phi) is 16.8. The lowest BCUT2D eigenvalue weighted by Gasteiger charge is -2.19. The second-order valence-electron chi connectivity index (χ2n) is 7.72. The van der Waals surface area contributed by atoms with Gasteiger partial charge in [0.1, 0.15) is 11.9 Å². The summed E-state index contributed by atoms with van der Waals surface area (Å²) in [5, 5.41) is 0. The largest absolute Gasteiger partial charge is 0.466 e. The molecule has 0 fully saturated rings. The van der Waals surface area contributed by atoms with Crippen LogP contribution >= 0.6 is 0 Å². The molecule has 5 heteroatoms. The Bertz CT molecular complexity index is 433. The van der Waals surface area contributed by atoms with E-state index in [9.17, 15) is 14.4 Å². The van der Waals surface area contributed by atoms with Crippen molar-refractivity contribution in [2.75, 3.05) is 6.61 Å². The summed E-state index contributed by atoms with van der Waals surface area (Å²) in [6.07, 6.45) is 12.2. The molecule has 0 aromatic rings. The molecule has 0 N–H and O–H groups in total. The average molecular weight is 399 g/mol. The summed E-state index contributed by atoms with van der Waals surface area (Å²) in [6, 6.07) is 0. The minimum Gasteiger partial charge on any atom is -0.466 e. The highest BCUT2D eigenvalue weighted by Crippen LogP contribution is 2.21. The average Bonchev–Trinajstić information content (AvgIpc) is 2.62. The SMILES string of the molecule is CCCCCC(CCCC(CCCCCCC(=O)OCC)C(C)=O)OC(C)=O. The second kappa shape index (κ2) is 17.7. The lowest BCUT2D eigenvalue weighted by molar-refractivity contribution is -0.147. The monoisotopic (exact) mass is 398 g/mol. The maximum atomic E-state index is 11.9. The van der Waals surface area contributed by atoms with Gasteiger partial charge in [0.2, 0.25) is 0 Å². The van der Waals surface area contributed by atoms with Crippen molar-refractivity contribution in [2.45, 2.75) is 117 Å². The van der Waals surface area contributed by atoms with E-state index in [1.54, 1.807) is 6.92 Å². The van der Waals surface area contributed by atoms with Crippen LogP contribution in [0.3, 0.4) is 0 Å². The van der Waals surface area contributed by atoms with Gasteiger partial charge in [-0.15, -0.1) is 0 Å². The van der Waals surface area contributed by atoms with Crippen LogP contribution in [0.25, 0.3) is 0 Å². The first-order chi connectivity index (χ1) is 13.4. The van der Waals surface area contributed by atoms with E-state index in [0.29, 0.717) is 13.0 Å². The topological polar surface area (TPSA) is 69.7 Å². The Hall–Kier alpha value is -1.39. The third kappa shape index (κ3) is 15.6. The van der Waals surface area contributed by atoms with Crippen LogP contribution in [0.2, 0.25) is 0 Å². The molecular weight excluding hydrogens is 356 g/mol. The third-order valence-corrected chi connectivity index (χ3v) is 5.10. The molecule has 0 rings (SSSR count). The Morgan fingerprint density at radius 2 is 1.36 bits per heavy atom. The van der Waals surface area contributed by atoms with Crippen LogP contribution in [0.1, 0.15) is 111 Å². The molecule has 0 aliphatic carbocycles. The van der Waals surface area contributed by atoms with Crippen molar-refractivity contribution in [2.24, 2.45) is 5.92 Å². The number of unbranched alkanes of at least 4 members (excludes halogenated alkanes) is 5. The number of hydrogen-bond acceptors (Lipinski definition) is 5. The van der Waals surface area contributed by atoms with Gasteiger partial charge in [-0.1, -0.05) is 39.0 Å². The van der Waals surface area contributed by atoms with E-state index in [-0.39, 0.29) is 29.7 Å². The molecule has 0 spiro atoms. The minimum absolute atomic E-state index is 0.0143. The molecule has 0 saturated heterocycles. The fraction of sp³-hybridized carbons (Fsp3) is 0.870. The van der Waals surface area contributed by atoms with Crippen LogP contribution in [0.15, 0.2) is 0 Å². The number of carbonyl (C=O) groups is 3. The highest BCUT2D eigenvalue weighted by molar-refractivity contribution is 5.78. The number of ketones is 1. The molecule has 0 heterocycles. The molecule has 0 aromatic heterocycles. The van der Waals surface area contributed by atoms with Crippen LogP contribution in [-0.4, -0.2) is 30.4 Å². The summed E-state index contributed by atoms with van der Waals surface area (Å²) in [7, 11) is 0. The normalized spacial score (nSPS) is 13.0. The Labute approximate surface area is 171 Å². The Morgan fingerprint density at radius 3 is 1.96 bits per heavy atom. The minimum atomic E-state index is -0.215. The molecule has 0 saturated carbocycles. The van der Waals surface area contributed by atoms with Crippen molar-refractivity contribution in [3.8, 4) is 0 Å². The summed E-state index contributed by atoms with van der Waals surface area (Å²) in [5.41, 5.74) is 0. The highest BCUT2D eigenvalue weighted by Gasteiger charge is 2.17. The van der Waals surface area contributed by atoms with E-state index in [1.165, 1.54) is 6.92 Å². The molecule has 164 valence electrons. The fourth-order valence-electron chi connectivity index (χ4n) is 3.51. The van der Waals surface area contributed by atoms with Gasteiger partial charge in [-0.05, 0) is 58.8 Å². The molecule has 2 atom stereocenters. The van der Waals surface area contributed by atoms with Gasteiger partial charge in [-0.2, -0.15) is 0 Å². The number of carbonyl (C=O) groups excluding carboxylic acids is 3. The molecular formula is C23H42O5. The lowest BCUT2D eigenvalue weighted by atomic mass is 9.91. The van der Waals surface area contributed by atoms with Gasteiger partial charge in [-0.25, -0.2) is 0 Å². The predicted molar refractivity (Wildman–Crippen MR) is 112 cm³/mol. The summed E-state index contributed by atoms with van der Waals surface area (Å²) in [6.45, 7) is 7.56. The summed E-state index contributed by atoms with van der Waals surface area (Å²) in [4.78, 5) is 34.5. The van der Waals surface area contributed by atoms with Crippen LogP contribution in [0.4, 0.5) is 0 Å². The van der Waals surface area contributed by atoms with E-state index in [4.69, 9.17) is 9.47 Å². The predicted octanol–water partition coefficient (Wildman–Crippen LogP) is 5.78. The van der Waals surface area contributed by atoms with Crippen molar-refractivity contribution >= 4 is 17.7 Å². The number of esters is 2. The molecule has 2 unspecified atom stereocenters. The van der Waals surface area contributed by atoms with Gasteiger partial charge < -0.3 is 9.47 Å². The van der Waals surface area contributed by atoms with Gasteiger partial charge in [0.05, 0.1) is 6.61 Å². The first kappa shape index (κ1) is 26.6. The van der Waals surface area contributed by atoms with Gasteiger partial charge in [0, 0.05) is 19.3 Å². The number of Topliss-reactive ketones (excluding diaryl/α,β-unsaturated/α-hetero) is 1. The third-order valence-electron chi connectivity index (χ3n) is 5.10. The van der Waals surface area contributed by atoms with Crippen molar-refractivity contribution in [1.82, 2.24) is 0 Å². The molecule has 0 amide bonds. The van der Waals surface area contributed by atoms with E-state index in [1.807, 2.05) is 6.92 Å². The van der Waals surface area contributed by atoms with Gasteiger partial charge in [0.15, 0.2) is 0 Å². The summed E-state index contributed by atoms with van der Waals surface area (Å²) >= 11 is 0. The van der Waals surface area contributed by atoms with E-state index in [0.717, 1.165) is 77.0 Å². The fourth-order valence-corrected chi connectivity index (χ4v) is 3.51. The first-order valence-electron chi connectivity index (χ1n) is 11.2. The zero-order valence-electron chi connectivity index (χ0n) is 18.6. The van der Waals surface area contributed by atoms with E-state index in [2.05, 4.69) is 6.92 Å². The molecule has 0 aliphatic heterocycles. The molecule has 28 heavy (non-hydrogen) atoms. The summed E-state index contributed by atoms with van der Waals surface area (Å²) < 4.78 is 10.4. The lowest BCUT2D eigenvalue weighted by Crippen LogP contribution is -2.18. The van der Waals surface area contributed by atoms with E-state index < -0.39 is 0 Å². The maximum absolute atomic E-state index is 11.9. The van der Waals surface area contributed by atoms with Crippen molar-refractivity contribution in [3.05, 3.63) is 0 Å². The van der Waals surface area contributed by atoms with E-state index >= 15 is 0 Å². The number of hydrogen-bond donors (Lipinski definition) is 0. The molecule has 0 radical (unpaired) electrons. The molecule has 0 bridgehead atoms. The standard InChI is InChI=1S/C23H42O5/c1-5-7-10-16-22(28-20(4)25)17-13-15-21(19(3)24)14-11-8-9-12-18-23(26)27-6-2/h21-22H,5-18H2,1-4H3. The smallest absolute Gasteiger partial charge is 0.305 e. The zero-order valence-corrected chi connectivity index (χ0v) is 18.6. The van der Waals surface area contributed by atoms with Crippen LogP contribution in [0.5, 0.6) is 0 Å².